The molecule has 2 aromatic rings. The van der Waals surface area contributed by atoms with Crippen molar-refractivity contribution in [3.05, 3.63) is 71.8 Å². The summed E-state index contributed by atoms with van der Waals surface area (Å²) < 4.78 is 0. The van der Waals surface area contributed by atoms with E-state index in [4.69, 9.17) is 4.99 Å². The van der Waals surface area contributed by atoms with E-state index in [0.29, 0.717) is 5.92 Å². The Kier molecular flexibility index (Phi) is 9.83. The van der Waals surface area contributed by atoms with Gasteiger partial charge in [0.05, 0.1) is 5.84 Å². The zero-order chi connectivity index (χ0) is 20.0. The first kappa shape index (κ1) is 21.6. The molecular formula is C27H38N2. The molecule has 156 valence electrons. The summed E-state index contributed by atoms with van der Waals surface area (Å²) in [6.45, 7) is 1.94. The van der Waals surface area contributed by atoms with Crippen molar-refractivity contribution in [3.63, 3.8) is 0 Å². The van der Waals surface area contributed by atoms with Crippen LogP contribution in [0.1, 0.15) is 81.3 Å². The molecule has 1 atom stereocenters. The monoisotopic (exact) mass is 390 g/mol. The molecule has 29 heavy (non-hydrogen) atoms. The summed E-state index contributed by atoms with van der Waals surface area (Å²) in [5, 5.41) is 3.76. The molecule has 0 fully saturated rings. The summed E-state index contributed by atoms with van der Waals surface area (Å²) in [7, 11) is 0. The normalized spacial score (nSPS) is 17.9. The Bertz CT molecular complexity index is 693. The van der Waals surface area contributed by atoms with Gasteiger partial charge in [0.25, 0.3) is 0 Å². The average molecular weight is 391 g/mol. The zero-order valence-corrected chi connectivity index (χ0v) is 18.0. The Balaban J connectivity index is 1.62. The number of benzene rings is 2. The van der Waals surface area contributed by atoms with Gasteiger partial charge in [-0.3, -0.25) is 4.99 Å². The average Bonchev–Trinajstić information content (AvgIpc) is 2.80. The van der Waals surface area contributed by atoms with E-state index < -0.39 is 0 Å². The highest BCUT2D eigenvalue weighted by Gasteiger charge is 2.13. The minimum atomic E-state index is 0.464. The van der Waals surface area contributed by atoms with Crippen molar-refractivity contribution in [1.82, 2.24) is 5.32 Å². The van der Waals surface area contributed by atoms with Gasteiger partial charge in [0.1, 0.15) is 0 Å². The maximum Gasteiger partial charge on any atom is 0.0963 e. The Morgan fingerprint density at radius 1 is 0.690 bits per heavy atom. The van der Waals surface area contributed by atoms with E-state index in [0.717, 1.165) is 25.9 Å². The molecule has 3 rings (SSSR count). The Morgan fingerprint density at radius 3 is 1.97 bits per heavy atom. The molecule has 0 bridgehead atoms. The van der Waals surface area contributed by atoms with E-state index >= 15 is 0 Å². The van der Waals surface area contributed by atoms with Gasteiger partial charge in [0, 0.05) is 25.4 Å². The lowest BCUT2D eigenvalue weighted by atomic mass is 9.92. The molecule has 0 amide bonds. The van der Waals surface area contributed by atoms with Gasteiger partial charge < -0.3 is 5.32 Å². The third-order valence-corrected chi connectivity index (χ3v) is 6.02. The lowest BCUT2D eigenvalue weighted by Crippen LogP contribution is -2.29. The largest absolute Gasteiger partial charge is 0.373 e. The fraction of sp³-hybridized carbons (Fsp3) is 0.519. The van der Waals surface area contributed by atoms with E-state index in [-0.39, 0.29) is 0 Å². The third-order valence-electron chi connectivity index (χ3n) is 6.02. The van der Waals surface area contributed by atoms with Gasteiger partial charge >= 0.3 is 0 Å². The lowest BCUT2D eigenvalue weighted by Gasteiger charge is -2.20. The number of nitrogens with zero attached hydrogens (tertiary/aromatic N) is 1. The summed E-state index contributed by atoms with van der Waals surface area (Å²) in [6, 6.07) is 21.8. The SMILES string of the molecule is c1ccc(CC(CNC2=NCCCCCCCCCCC2)c2ccccc2)cc1. The highest BCUT2D eigenvalue weighted by atomic mass is 15.0. The topological polar surface area (TPSA) is 24.4 Å². The Labute approximate surface area is 177 Å². The first-order valence-electron chi connectivity index (χ1n) is 11.8. The van der Waals surface area contributed by atoms with Crippen LogP contribution in [0.25, 0.3) is 0 Å². The first-order chi connectivity index (χ1) is 14.4. The summed E-state index contributed by atoms with van der Waals surface area (Å²) in [5.41, 5.74) is 2.81. The number of hydrogen-bond donors (Lipinski definition) is 1. The van der Waals surface area contributed by atoms with Crippen LogP contribution in [0.4, 0.5) is 0 Å². The third kappa shape index (κ3) is 8.43. The molecule has 0 radical (unpaired) electrons. The highest BCUT2D eigenvalue weighted by Crippen LogP contribution is 2.20. The molecule has 1 aliphatic heterocycles. The predicted octanol–water partition coefficient (Wildman–Crippen LogP) is 6.92. The quantitative estimate of drug-likeness (QED) is 0.589. The number of amidine groups is 1. The molecular weight excluding hydrogens is 352 g/mol. The van der Waals surface area contributed by atoms with E-state index in [9.17, 15) is 0 Å². The van der Waals surface area contributed by atoms with Crippen LogP contribution >= 0.6 is 0 Å². The molecule has 0 saturated carbocycles. The molecule has 1 unspecified atom stereocenters. The minimum absolute atomic E-state index is 0.464. The second kappa shape index (κ2) is 13.2. The molecule has 0 spiro atoms. The van der Waals surface area contributed by atoms with Crippen molar-refractivity contribution >= 4 is 5.84 Å². The minimum Gasteiger partial charge on any atom is -0.373 e. The molecule has 1 N–H and O–H groups in total. The maximum absolute atomic E-state index is 4.97. The number of aliphatic imine (C=N–C) groups is 1. The molecule has 0 aliphatic carbocycles. The molecule has 1 aliphatic rings. The zero-order valence-electron chi connectivity index (χ0n) is 18.0. The van der Waals surface area contributed by atoms with Gasteiger partial charge in [-0.15, -0.1) is 0 Å². The Morgan fingerprint density at radius 2 is 1.28 bits per heavy atom. The molecule has 1 heterocycles. The van der Waals surface area contributed by atoms with Crippen LogP contribution in [0.3, 0.4) is 0 Å². The van der Waals surface area contributed by atoms with Crippen molar-refractivity contribution < 1.29 is 0 Å². The van der Waals surface area contributed by atoms with Crippen molar-refractivity contribution in [1.29, 1.82) is 0 Å². The fourth-order valence-corrected chi connectivity index (χ4v) is 4.25. The molecule has 2 nitrogen and oxygen atoms in total. The van der Waals surface area contributed by atoms with Gasteiger partial charge in [0.15, 0.2) is 0 Å². The number of hydrogen-bond acceptors (Lipinski definition) is 2. The molecule has 2 heteroatoms. The van der Waals surface area contributed by atoms with Crippen molar-refractivity contribution in [3.8, 4) is 0 Å². The van der Waals surface area contributed by atoms with Gasteiger partial charge in [-0.05, 0) is 30.4 Å². The van der Waals surface area contributed by atoms with Crippen molar-refractivity contribution in [2.45, 2.75) is 76.5 Å². The fourth-order valence-electron chi connectivity index (χ4n) is 4.25. The van der Waals surface area contributed by atoms with Gasteiger partial charge in [-0.2, -0.15) is 0 Å². The lowest BCUT2D eigenvalue weighted by molar-refractivity contribution is 0.566. The summed E-state index contributed by atoms with van der Waals surface area (Å²) in [6.07, 6.45) is 14.3. The van der Waals surface area contributed by atoms with Gasteiger partial charge in [0.2, 0.25) is 0 Å². The molecule has 2 aromatic carbocycles. The van der Waals surface area contributed by atoms with Crippen LogP contribution in [0.15, 0.2) is 65.7 Å². The van der Waals surface area contributed by atoms with Crippen LogP contribution in [-0.4, -0.2) is 18.9 Å². The van der Waals surface area contributed by atoms with E-state index in [1.165, 1.54) is 74.7 Å². The maximum atomic E-state index is 4.97. The van der Waals surface area contributed by atoms with E-state index in [1.807, 2.05) is 0 Å². The van der Waals surface area contributed by atoms with Crippen molar-refractivity contribution in [2.75, 3.05) is 13.1 Å². The predicted molar refractivity (Wildman–Crippen MR) is 126 cm³/mol. The van der Waals surface area contributed by atoms with Crippen LogP contribution in [0.2, 0.25) is 0 Å². The van der Waals surface area contributed by atoms with Crippen LogP contribution < -0.4 is 5.32 Å². The number of nitrogens with one attached hydrogen (secondary N) is 1. The van der Waals surface area contributed by atoms with Crippen LogP contribution in [-0.2, 0) is 6.42 Å². The van der Waals surface area contributed by atoms with E-state index in [1.54, 1.807) is 0 Å². The first-order valence-corrected chi connectivity index (χ1v) is 11.8. The smallest absolute Gasteiger partial charge is 0.0963 e. The molecule has 0 saturated heterocycles. The second-order valence-corrected chi connectivity index (χ2v) is 8.44. The summed E-state index contributed by atoms with van der Waals surface area (Å²) in [4.78, 5) is 4.97. The number of rotatable bonds is 5. The van der Waals surface area contributed by atoms with E-state index in [2.05, 4.69) is 66.0 Å². The molecule has 0 aromatic heterocycles. The van der Waals surface area contributed by atoms with Crippen molar-refractivity contribution in [2.24, 2.45) is 4.99 Å². The highest BCUT2D eigenvalue weighted by molar-refractivity contribution is 5.82. The summed E-state index contributed by atoms with van der Waals surface area (Å²) in [5.74, 6) is 1.70. The van der Waals surface area contributed by atoms with Crippen LogP contribution in [0, 0.1) is 0 Å². The van der Waals surface area contributed by atoms with Gasteiger partial charge in [-0.25, -0.2) is 0 Å². The summed E-state index contributed by atoms with van der Waals surface area (Å²) >= 11 is 0. The van der Waals surface area contributed by atoms with Gasteiger partial charge in [-0.1, -0.05) is 106 Å². The Hall–Kier alpha value is -2.09. The second-order valence-electron chi connectivity index (χ2n) is 8.44. The van der Waals surface area contributed by atoms with Crippen LogP contribution in [0.5, 0.6) is 0 Å². The standard InChI is InChI=1S/C27H38N2/c1-2-4-6-14-20-27(28-21-15-7-5-3-1)29-23-26(25-18-12-9-13-19-25)22-24-16-10-8-11-17-24/h8-13,16-19,26H,1-7,14-15,20-23H2,(H,28,29).